The van der Waals surface area contributed by atoms with Gasteiger partial charge in [0, 0.05) is 23.7 Å². The van der Waals surface area contributed by atoms with Crippen molar-refractivity contribution in [2.45, 2.75) is 18.1 Å². The lowest BCUT2D eigenvalue weighted by molar-refractivity contribution is -0.122. The van der Waals surface area contributed by atoms with Gasteiger partial charge in [0.2, 0.25) is 11.8 Å². The normalized spacial score (nSPS) is 18.0. The Morgan fingerprint density at radius 3 is 2.77 bits per heavy atom. The first-order valence-corrected chi connectivity index (χ1v) is 9.47. The van der Waals surface area contributed by atoms with Gasteiger partial charge in [-0.05, 0) is 30.2 Å². The number of anilines is 1. The van der Waals surface area contributed by atoms with Crippen molar-refractivity contribution in [3.63, 3.8) is 0 Å². The van der Waals surface area contributed by atoms with Crippen LogP contribution in [0.4, 0.5) is 5.69 Å². The van der Waals surface area contributed by atoms with Gasteiger partial charge in [-0.2, -0.15) is 0 Å². The Morgan fingerprint density at radius 1 is 1.19 bits per heavy atom. The second-order valence-electron chi connectivity index (χ2n) is 5.78. The van der Waals surface area contributed by atoms with E-state index in [4.69, 9.17) is 11.6 Å². The molecule has 0 saturated carbocycles. The van der Waals surface area contributed by atoms with Crippen LogP contribution in [0.2, 0.25) is 5.02 Å². The molecular formula is C19H18ClN3O2S. The Labute approximate surface area is 161 Å². The van der Waals surface area contributed by atoms with Crippen LogP contribution in [0.5, 0.6) is 0 Å². The molecule has 0 spiro atoms. The van der Waals surface area contributed by atoms with E-state index in [9.17, 15) is 9.59 Å². The lowest BCUT2D eigenvalue weighted by Crippen LogP contribution is -2.28. The maximum Gasteiger partial charge on any atom is 0.240 e. The zero-order chi connectivity index (χ0) is 18.4. The van der Waals surface area contributed by atoms with Crippen LogP contribution >= 0.6 is 23.4 Å². The molecule has 1 aliphatic rings. The maximum absolute atomic E-state index is 12.1. The van der Waals surface area contributed by atoms with Gasteiger partial charge in [-0.25, -0.2) is 0 Å². The van der Waals surface area contributed by atoms with Crippen LogP contribution in [0.3, 0.4) is 0 Å². The summed E-state index contributed by atoms with van der Waals surface area (Å²) in [4.78, 5) is 28.6. The average molecular weight is 388 g/mol. The highest BCUT2D eigenvalue weighted by molar-refractivity contribution is 8.15. The largest absolute Gasteiger partial charge is 0.326 e. The van der Waals surface area contributed by atoms with E-state index in [2.05, 4.69) is 15.6 Å². The number of aliphatic imine (C=N–C) groups is 1. The van der Waals surface area contributed by atoms with E-state index in [0.29, 0.717) is 22.4 Å². The molecule has 3 rings (SSSR count). The fourth-order valence-corrected chi connectivity index (χ4v) is 3.68. The lowest BCUT2D eigenvalue weighted by Gasteiger charge is -2.07. The van der Waals surface area contributed by atoms with E-state index in [1.54, 1.807) is 24.3 Å². The third-order valence-electron chi connectivity index (χ3n) is 3.75. The minimum absolute atomic E-state index is 0.0840. The minimum atomic E-state index is -0.468. The number of hydrogen-bond acceptors (Lipinski definition) is 4. The first-order chi connectivity index (χ1) is 12.6. The van der Waals surface area contributed by atoms with Crippen LogP contribution < -0.4 is 10.6 Å². The second kappa shape index (κ2) is 8.87. The predicted octanol–water partition coefficient (Wildman–Crippen LogP) is 3.50. The summed E-state index contributed by atoms with van der Waals surface area (Å²) in [7, 11) is 0. The molecule has 7 heteroatoms. The molecule has 1 heterocycles. The molecule has 0 unspecified atom stereocenters. The van der Waals surface area contributed by atoms with Crippen LogP contribution in [-0.4, -0.2) is 28.8 Å². The number of benzene rings is 2. The number of amides is 2. The van der Waals surface area contributed by atoms with Crippen LogP contribution in [0.1, 0.15) is 12.0 Å². The highest BCUT2D eigenvalue weighted by Crippen LogP contribution is 2.23. The van der Waals surface area contributed by atoms with Crippen molar-refractivity contribution in [3.05, 3.63) is 65.2 Å². The van der Waals surface area contributed by atoms with Gasteiger partial charge in [-0.1, -0.05) is 59.8 Å². The molecule has 0 bridgehead atoms. The van der Waals surface area contributed by atoms with E-state index in [1.165, 1.54) is 17.3 Å². The molecule has 0 aromatic heterocycles. The van der Waals surface area contributed by atoms with E-state index < -0.39 is 5.25 Å². The Bertz CT molecular complexity index is 827. The fourth-order valence-electron chi connectivity index (χ4n) is 2.49. The summed E-state index contributed by atoms with van der Waals surface area (Å²) in [6.07, 6.45) is 0.890. The standard InChI is InChI=1S/C19H18ClN3O2S/c20-14-7-4-8-15(11-14)22-17(24)12-16-18(25)23-19(26-16)21-10-9-13-5-2-1-3-6-13/h1-8,11,16H,9-10,12H2,(H,22,24)(H,21,23,25)/t16-/m0/s1. The van der Waals surface area contributed by atoms with Crippen molar-refractivity contribution in [1.82, 2.24) is 5.32 Å². The number of carbonyl (C=O) groups excluding carboxylic acids is 2. The molecule has 26 heavy (non-hydrogen) atoms. The number of hydrogen-bond donors (Lipinski definition) is 2. The van der Waals surface area contributed by atoms with E-state index in [0.717, 1.165) is 6.42 Å². The summed E-state index contributed by atoms with van der Waals surface area (Å²) in [5.41, 5.74) is 1.81. The Hall–Kier alpha value is -2.31. The van der Waals surface area contributed by atoms with Crippen LogP contribution in [-0.2, 0) is 16.0 Å². The van der Waals surface area contributed by atoms with Gasteiger partial charge < -0.3 is 10.6 Å². The summed E-state index contributed by atoms with van der Waals surface area (Å²) in [5, 5.41) is 6.15. The van der Waals surface area contributed by atoms with Gasteiger partial charge in [0.25, 0.3) is 0 Å². The quantitative estimate of drug-likeness (QED) is 0.796. The molecule has 0 radical (unpaired) electrons. The van der Waals surface area contributed by atoms with E-state index in [-0.39, 0.29) is 18.2 Å². The molecule has 1 fully saturated rings. The summed E-state index contributed by atoms with van der Waals surface area (Å²) in [6.45, 7) is 0.591. The van der Waals surface area contributed by atoms with E-state index in [1.807, 2.05) is 30.3 Å². The van der Waals surface area contributed by atoms with Gasteiger partial charge in [-0.15, -0.1) is 0 Å². The lowest BCUT2D eigenvalue weighted by atomic mass is 10.2. The zero-order valence-electron chi connectivity index (χ0n) is 13.9. The molecule has 1 saturated heterocycles. The number of thioether (sulfide) groups is 1. The fraction of sp³-hybridized carbons (Fsp3) is 0.211. The number of nitrogens with one attached hydrogen (secondary N) is 2. The van der Waals surface area contributed by atoms with Crippen molar-refractivity contribution in [1.29, 1.82) is 0 Å². The molecule has 1 aliphatic heterocycles. The zero-order valence-corrected chi connectivity index (χ0v) is 15.5. The Kier molecular flexibility index (Phi) is 6.30. The molecule has 2 aromatic rings. The van der Waals surface area contributed by atoms with Gasteiger partial charge in [0.05, 0.1) is 0 Å². The highest BCUT2D eigenvalue weighted by atomic mass is 35.5. The van der Waals surface area contributed by atoms with Crippen molar-refractivity contribution >= 4 is 46.0 Å². The van der Waals surface area contributed by atoms with Crippen LogP contribution in [0.15, 0.2) is 59.6 Å². The van der Waals surface area contributed by atoms with E-state index >= 15 is 0 Å². The SMILES string of the molecule is O=C(C[C@@H]1SC(=NCCc2ccccc2)NC1=O)Nc1cccc(Cl)c1. The summed E-state index contributed by atoms with van der Waals surface area (Å²) >= 11 is 7.20. The first kappa shape index (κ1) is 18.5. The maximum atomic E-state index is 12.1. The van der Waals surface area contributed by atoms with Crippen molar-refractivity contribution in [2.75, 3.05) is 11.9 Å². The smallest absolute Gasteiger partial charge is 0.240 e. The average Bonchev–Trinajstić information content (AvgIpc) is 2.95. The predicted molar refractivity (Wildman–Crippen MR) is 107 cm³/mol. The van der Waals surface area contributed by atoms with Crippen molar-refractivity contribution in [3.8, 4) is 0 Å². The van der Waals surface area contributed by atoms with Crippen molar-refractivity contribution in [2.24, 2.45) is 4.99 Å². The topological polar surface area (TPSA) is 70.6 Å². The van der Waals surface area contributed by atoms with Gasteiger partial charge in [-0.3, -0.25) is 14.6 Å². The van der Waals surface area contributed by atoms with Crippen LogP contribution in [0, 0.1) is 0 Å². The second-order valence-corrected chi connectivity index (χ2v) is 7.41. The molecule has 2 aromatic carbocycles. The molecule has 2 N–H and O–H groups in total. The number of carbonyl (C=O) groups is 2. The van der Waals surface area contributed by atoms with Crippen molar-refractivity contribution < 1.29 is 9.59 Å². The van der Waals surface area contributed by atoms with Gasteiger partial charge >= 0.3 is 0 Å². The van der Waals surface area contributed by atoms with Gasteiger partial charge in [0.1, 0.15) is 5.25 Å². The molecule has 134 valence electrons. The monoisotopic (exact) mass is 387 g/mol. The number of rotatable bonds is 6. The summed E-state index contributed by atoms with van der Waals surface area (Å²) in [6, 6.07) is 16.9. The third-order valence-corrected chi connectivity index (χ3v) is 5.11. The number of halogens is 1. The molecule has 1 atom stereocenters. The third kappa shape index (κ3) is 5.34. The summed E-state index contributed by atoms with van der Waals surface area (Å²) < 4.78 is 0. The van der Waals surface area contributed by atoms with Crippen LogP contribution in [0.25, 0.3) is 0 Å². The van der Waals surface area contributed by atoms with Gasteiger partial charge in [0.15, 0.2) is 5.17 Å². The first-order valence-electron chi connectivity index (χ1n) is 8.21. The molecular weight excluding hydrogens is 370 g/mol. The highest BCUT2D eigenvalue weighted by Gasteiger charge is 2.31. The minimum Gasteiger partial charge on any atom is -0.326 e. The Balaban J connectivity index is 1.49. The molecule has 0 aliphatic carbocycles. The Morgan fingerprint density at radius 2 is 2.00 bits per heavy atom. The molecule has 5 nitrogen and oxygen atoms in total. The molecule has 2 amide bonds. The number of nitrogens with zero attached hydrogens (tertiary/aromatic N) is 1. The number of amidine groups is 1. The summed E-state index contributed by atoms with van der Waals surface area (Å²) in [5.74, 6) is -0.417.